The molecule has 0 aromatic heterocycles. The minimum absolute atomic E-state index is 0. The van der Waals surface area contributed by atoms with Gasteiger partial charge in [-0.1, -0.05) is 47.5 Å². The summed E-state index contributed by atoms with van der Waals surface area (Å²) in [6.45, 7) is 0. The maximum atomic E-state index is 11.9. The quantitative estimate of drug-likeness (QED) is 0.475. The van der Waals surface area contributed by atoms with Gasteiger partial charge in [-0.2, -0.15) is 0 Å². The number of rotatable bonds is 4. The maximum absolute atomic E-state index is 11.9. The fraction of sp³-hybridized carbons (Fsp3) is 0.478. The average molecular weight is 532 g/mol. The molecule has 2 nitrogen and oxygen atoms in total. The zero-order valence-corrected chi connectivity index (χ0v) is 20.1. The van der Waals surface area contributed by atoms with E-state index in [0.717, 1.165) is 22.0 Å². The lowest BCUT2D eigenvalue weighted by Crippen LogP contribution is -3.00. The Morgan fingerprint density at radius 1 is 0.857 bits per heavy atom. The Kier molecular flexibility index (Phi) is 6.73. The Bertz CT molecular complexity index is 745. The van der Waals surface area contributed by atoms with E-state index in [1.54, 1.807) is 0 Å². The lowest BCUT2D eigenvalue weighted by atomic mass is 9.75. The molecule has 2 bridgehead atoms. The Morgan fingerprint density at radius 2 is 1.25 bits per heavy atom. The third-order valence-corrected chi connectivity index (χ3v) is 7.66. The summed E-state index contributed by atoms with van der Waals surface area (Å²) in [6, 6.07) is 16.7. The van der Waals surface area contributed by atoms with Crippen LogP contribution in [0.3, 0.4) is 0 Å². The Morgan fingerprint density at radius 3 is 1.64 bits per heavy atom. The van der Waals surface area contributed by atoms with Gasteiger partial charge in [-0.05, 0) is 47.7 Å². The van der Waals surface area contributed by atoms with Gasteiger partial charge in [0.25, 0.3) is 0 Å². The predicted molar refractivity (Wildman–Crippen MR) is 112 cm³/mol. The number of benzene rings is 2. The number of nitrogens with zero attached hydrogens (tertiary/aromatic N) is 1. The molecule has 2 heterocycles. The molecule has 0 unspecified atom stereocenters. The summed E-state index contributed by atoms with van der Waals surface area (Å²) >= 11 is 12.2. The summed E-state index contributed by atoms with van der Waals surface area (Å²) in [4.78, 5) is 0. The van der Waals surface area contributed by atoms with Crippen molar-refractivity contribution in [1.82, 2.24) is 0 Å². The third-order valence-electron chi connectivity index (χ3n) is 7.15. The molecule has 2 saturated heterocycles. The highest BCUT2D eigenvalue weighted by atomic mass is 127. The van der Waals surface area contributed by atoms with Crippen molar-refractivity contribution in [2.24, 2.45) is 5.92 Å². The molecule has 2 atom stereocenters. The lowest BCUT2D eigenvalue weighted by molar-refractivity contribution is -0.931. The van der Waals surface area contributed by atoms with Crippen molar-refractivity contribution in [2.75, 3.05) is 14.1 Å². The van der Waals surface area contributed by atoms with Gasteiger partial charge in [0.2, 0.25) is 0 Å². The molecule has 2 fully saturated rings. The number of halogens is 3. The monoisotopic (exact) mass is 531 g/mol. The topological polar surface area (TPSA) is 20.2 Å². The minimum Gasteiger partial charge on any atom is -1.00 e. The molecule has 152 valence electrons. The lowest BCUT2D eigenvalue weighted by Gasteiger charge is -2.46. The van der Waals surface area contributed by atoms with E-state index in [4.69, 9.17) is 23.2 Å². The van der Waals surface area contributed by atoms with E-state index in [0.29, 0.717) is 28.0 Å². The number of quaternary nitrogens is 1. The van der Waals surface area contributed by atoms with E-state index in [1.807, 2.05) is 48.5 Å². The normalized spacial score (nSPS) is 26.0. The SMILES string of the molecule is C[N+]1(C)[C@H]2CC[C@H]1CC(CC(O)(c1ccc(Cl)cc1)c1ccc(Cl)cc1)C2.[I-]. The van der Waals surface area contributed by atoms with Crippen LogP contribution in [0, 0.1) is 5.92 Å². The van der Waals surface area contributed by atoms with Crippen molar-refractivity contribution in [1.29, 1.82) is 0 Å². The molecule has 0 saturated carbocycles. The summed E-state index contributed by atoms with van der Waals surface area (Å²) in [5, 5.41) is 13.3. The standard InChI is InChI=1S/C23H28Cl2NO.HI/c1-26(2)21-11-12-22(26)14-16(13-21)15-23(27,17-3-7-19(24)8-4-17)18-5-9-20(25)10-6-18;/h3-10,16,21-22,27H,11-15H2,1-2H3;1H/q+1;/p-1/t21-,22-;/m0./s1. The smallest absolute Gasteiger partial charge is 0.115 e. The predicted octanol–water partition coefficient (Wildman–Crippen LogP) is 2.64. The summed E-state index contributed by atoms with van der Waals surface area (Å²) in [6.07, 6.45) is 5.74. The summed E-state index contributed by atoms with van der Waals surface area (Å²) < 4.78 is 1.15. The van der Waals surface area contributed by atoms with Crippen molar-refractivity contribution in [2.45, 2.75) is 49.8 Å². The zero-order valence-electron chi connectivity index (χ0n) is 16.4. The number of aliphatic hydroxyl groups is 1. The van der Waals surface area contributed by atoms with Crippen molar-refractivity contribution in [3.05, 3.63) is 69.7 Å². The van der Waals surface area contributed by atoms with Gasteiger partial charge < -0.3 is 33.6 Å². The van der Waals surface area contributed by atoms with Crippen LogP contribution < -0.4 is 24.0 Å². The van der Waals surface area contributed by atoms with Crippen LogP contribution in [0.2, 0.25) is 10.0 Å². The van der Waals surface area contributed by atoms with Gasteiger partial charge in [0, 0.05) is 35.7 Å². The van der Waals surface area contributed by atoms with Gasteiger partial charge in [0.15, 0.2) is 0 Å². The van der Waals surface area contributed by atoms with Gasteiger partial charge in [-0.25, -0.2) is 0 Å². The molecule has 0 aliphatic carbocycles. The highest BCUT2D eigenvalue weighted by molar-refractivity contribution is 6.30. The molecule has 0 amide bonds. The van der Waals surface area contributed by atoms with Crippen LogP contribution in [0.15, 0.2) is 48.5 Å². The average Bonchev–Trinajstić information content (AvgIpc) is 2.80. The molecule has 0 radical (unpaired) electrons. The summed E-state index contributed by atoms with van der Waals surface area (Å²) in [5.74, 6) is 0.519. The van der Waals surface area contributed by atoms with E-state index < -0.39 is 5.60 Å². The molecule has 2 aliphatic rings. The van der Waals surface area contributed by atoms with Crippen molar-refractivity contribution >= 4 is 23.2 Å². The fourth-order valence-corrected chi connectivity index (χ4v) is 5.68. The molecule has 2 aromatic rings. The minimum atomic E-state index is -1.02. The largest absolute Gasteiger partial charge is 1.00 e. The van der Waals surface area contributed by atoms with Gasteiger partial charge in [-0.15, -0.1) is 0 Å². The van der Waals surface area contributed by atoms with Gasteiger partial charge in [0.05, 0.1) is 26.2 Å². The number of piperidine rings is 1. The molecule has 0 spiro atoms. The third kappa shape index (κ3) is 4.11. The Hall–Kier alpha value is -0.330. The highest BCUT2D eigenvalue weighted by Crippen LogP contribution is 2.47. The maximum Gasteiger partial charge on any atom is 0.115 e. The first-order valence-corrected chi connectivity index (χ1v) is 10.6. The van der Waals surface area contributed by atoms with E-state index in [-0.39, 0.29) is 24.0 Å². The molecular formula is C23H28Cl2INO. The van der Waals surface area contributed by atoms with Crippen LogP contribution in [0.25, 0.3) is 0 Å². The van der Waals surface area contributed by atoms with E-state index in [2.05, 4.69) is 14.1 Å². The molecular weight excluding hydrogens is 504 g/mol. The van der Waals surface area contributed by atoms with Crippen LogP contribution in [0.4, 0.5) is 0 Å². The Labute approximate surface area is 195 Å². The van der Waals surface area contributed by atoms with Crippen molar-refractivity contribution < 1.29 is 33.6 Å². The van der Waals surface area contributed by atoms with E-state index in [9.17, 15) is 5.11 Å². The highest BCUT2D eigenvalue weighted by Gasteiger charge is 2.50. The molecule has 4 rings (SSSR count). The molecule has 2 aromatic carbocycles. The number of hydrogen-bond acceptors (Lipinski definition) is 1. The molecule has 28 heavy (non-hydrogen) atoms. The first-order chi connectivity index (χ1) is 12.8. The van der Waals surface area contributed by atoms with E-state index in [1.165, 1.54) is 25.7 Å². The fourth-order valence-electron chi connectivity index (χ4n) is 5.43. The van der Waals surface area contributed by atoms with Crippen molar-refractivity contribution in [3.8, 4) is 0 Å². The van der Waals surface area contributed by atoms with Gasteiger partial charge >= 0.3 is 0 Å². The summed E-state index contributed by atoms with van der Waals surface area (Å²) in [7, 11) is 4.76. The van der Waals surface area contributed by atoms with Crippen molar-refractivity contribution in [3.63, 3.8) is 0 Å². The summed E-state index contributed by atoms with van der Waals surface area (Å²) in [5.41, 5.74) is 0.787. The Balaban J connectivity index is 0.00000225. The first-order valence-electron chi connectivity index (χ1n) is 9.87. The van der Waals surface area contributed by atoms with E-state index >= 15 is 0 Å². The van der Waals surface area contributed by atoms with Gasteiger partial charge in [-0.3, -0.25) is 0 Å². The molecule has 1 N–H and O–H groups in total. The first kappa shape index (κ1) is 22.4. The second-order valence-electron chi connectivity index (χ2n) is 8.93. The van der Waals surface area contributed by atoms with Crippen LogP contribution in [-0.2, 0) is 5.60 Å². The van der Waals surface area contributed by atoms with Crippen LogP contribution in [0.5, 0.6) is 0 Å². The second-order valence-corrected chi connectivity index (χ2v) is 9.80. The number of fused-ring (bicyclic) bond motifs is 2. The van der Waals surface area contributed by atoms with Gasteiger partial charge in [0.1, 0.15) is 5.60 Å². The van der Waals surface area contributed by atoms with Crippen LogP contribution >= 0.6 is 23.2 Å². The van der Waals surface area contributed by atoms with Crippen LogP contribution in [0.1, 0.15) is 43.2 Å². The molecule has 2 aliphatic heterocycles. The second kappa shape index (κ2) is 8.43. The number of hydrogen-bond donors (Lipinski definition) is 1. The zero-order chi connectivity index (χ0) is 19.2. The molecule has 5 heteroatoms. The van der Waals surface area contributed by atoms with Crippen LogP contribution in [-0.4, -0.2) is 35.8 Å².